The van der Waals surface area contributed by atoms with Gasteiger partial charge in [-0.15, -0.1) is 23.1 Å². The van der Waals surface area contributed by atoms with Gasteiger partial charge in [0.25, 0.3) is 11.8 Å². The molecule has 4 heterocycles. The highest BCUT2D eigenvalue weighted by atomic mass is 32.2. The first-order chi connectivity index (χ1) is 24.0. The van der Waals surface area contributed by atoms with E-state index in [-0.39, 0.29) is 22.2 Å². The summed E-state index contributed by atoms with van der Waals surface area (Å²) in [7, 11) is 1.28. The van der Waals surface area contributed by atoms with Gasteiger partial charge >= 0.3 is 5.97 Å². The predicted molar refractivity (Wildman–Crippen MR) is 189 cm³/mol. The van der Waals surface area contributed by atoms with Crippen LogP contribution in [0.3, 0.4) is 0 Å². The largest absolute Gasteiger partial charge is 0.448 e. The van der Waals surface area contributed by atoms with Crippen LogP contribution in [0.4, 0.5) is 5.13 Å². The number of esters is 1. The van der Waals surface area contributed by atoms with Gasteiger partial charge in [0.15, 0.2) is 16.9 Å². The third kappa shape index (κ3) is 7.58. The minimum absolute atomic E-state index is 0.117. The number of pyridine rings is 1. The van der Waals surface area contributed by atoms with E-state index in [1.165, 1.54) is 40.9 Å². The third-order valence-corrected chi connectivity index (χ3v) is 10.5. The summed E-state index contributed by atoms with van der Waals surface area (Å²) in [6, 6.07) is 21.5. The van der Waals surface area contributed by atoms with Crippen LogP contribution in [0.2, 0.25) is 0 Å². The number of aromatic nitrogens is 2. The van der Waals surface area contributed by atoms with E-state index >= 15 is 0 Å². The highest BCUT2D eigenvalue weighted by Crippen LogP contribution is 2.45. The lowest BCUT2D eigenvalue weighted by Gasteiger charge is -2.49. The van der Waals surface area contributed by atoms with Crippen molar-refractivity contribution in [1.82, 2.24) is 20.2 Å². The minimum Gasteiger partial charge on any atom is -0.448 e. The van der Waals surface area contributed by atoms with Crippen LogP contribution in [-0.4, -0.2) is 69.1 Å². The lowest BCUT2D eigenvalue weighted by molar-refractivity contribution is -0.154. The minimum atomic E-state index is -0.968. The summed E-state index contributed by atoms with van der Waals surface area (Å²) in [5, 5.41) is 12.0. The Morgan fingerprint density at radius 2 is 1.82 bits per heavy atom. The Labute approximate surface area is 293 Å². The number of fused-ring (bicyclic) bond motifs is 1. The molecule has 2 aliphatic heterocycles. The molecular formula is C34H28N6O6S3. The van der Waals surface area contributed by atoms with Gasteiger partial charge in [-0.25, -0.2) is 9.78 Å². The van der Waals surface area contributed by atoms with E-state index in [1.807, 2.05) is 84.3 Å². The van der Waals surface area contributed by atoms with Crippen LogP contribution >= 0.6 is 34.9 Å². The van der Waals surface area contributed by atoms with Gasteiger partial charge in [-0.2, -0.15) is 0 Å². The second-order valence-electron chi connectivity index (χ2n) is 10.4. The summed E-state index contributed by atoms with van der Waals surface area (Å²) in [5.41, 5.74) is 2.52. The van der Waals surface area contributed by atoms with Crippen LogP contribution in [0.1, 0.15) is 28.5 Å². The molecular weight excluding hydrogens is 685 g/mol. The molecule has 2 N–H and O–H groups in total. The lowest BCUT2D eigenvalue weighted by atomic mass is 10.0. The fourth-order valence-corrected chi connectivity index (χ4v) is 8.10. The first kappa shape index (κ1) is 33.6. The van der Waals surface area contributed by atoms with Gasteiger partial charge in [0.1, 0.15) is 29.9 Å². The zero-order chi connectivity index (χ0) is 34.2. The first-order valence-electron chi connectivity index (χ1n) is 14.8. The van der Waals surface area contributed by atoms with Crippen LogP contribution in [0, 0.1) is 0 Å². The average Bonchev–Trinajstić information content (AvgIpc) is 3.60. The summed E-state index contributed by atoms with van der Waals surface area (Å²) in [4.78, 5) is 67.4. The molecule has 3 amide bonds. The monoisotopic (exact) mass is 712 g/mol. The Balaban J connectivity index is 1.28. The number of benzene rings is 2. The highest BCUT2D eigenvalue weighted by molar-refractivity contribution is 8.08. The summed E-state index contributed by atoms with van der Waals surface area (Å²) in [5.74, 6) is -1.48. The Morgan fingerprint density at radius 3 is 2.47 bits per heavy atom. The van der Waals surface area contributed by atoms with Gasteiger partial charge in [0, 0.05) is 28.4 Å². The third-order valence-electron chi connectivity index (χ3n) is 7.32. The number of β-lactam (4-membered cyclic amide) rings is 1. The maximum Gasteiger partial charge on any atom is 0.356 e. The summed E-state index contributed by atoms with van der Waals surface area (Å²) >= 11 is 3.82. The lowest BCUT2D eigenvalue weighted by Crippen LogP contribution is -2.71. The molecule has 0 saturated carbocycles. The Kier molecular flexibility index (Phi) is 10.8. The topological polar surface area (TPSA) is 152 Å². The quantitative estimate of drug-likeness (QED) is 0.0650. The number of carbonyl (C=O) groups excluding carboxylic acids is 4. The average molecular weight is 713 g/mol. The number of amides is 3. The van der Waals surface area contributed by atoms with E-state index in [0.717, 1.165) is 28.0 Å². The number of hydrogen-bond donors (Lipinski definition) is 2. The second kappa shape index (κ2) is 15.8. The van der Waals surface area contributed by atoms with E-state index in [1.54, 1.807) is 12.4 Å². The van der Waals surface area contributed by atoms with Crippen molar-refractivity contribution in [1.29, 1.82) is 0 Å². The standard InChI is InChI=1S/C34H28N6O6S3/c1-45-39-26(24-18-49-34(37-24)36-20-41)30(42)38-27-31(43)40-28(25(19-48-32(27)40)47-16-14-21-9-8-15-35-17-21)33(44)46-29(22-10-4-2-5-11-22)23-12-6-3-7-13-23/h2-18,20,27,29,32H,19H2,1H3,(H,38,42)(H,36,37,41)/b16-14-,39-26?/t27?,32-/m1/s1. The van der Waals surface area contributed by atoms with Crippen molar-refractivity contribution in [2.75, 3.05) is 18.2 Å². The van der Waals surface area contributed by atoms with Crippen molar-refractivity contribution in [3.63, 3.8) is 0 Å². The van der Waals surface area contributed by atoms with E-state index in [2.05, 4.69) is 25.8 Å². The van der Waals surface area contributed by atoms with Gasteiger partial charge in [0.05, 0.1) is 0 Å². The molecule has 0 spiro atoms. The molecule has 15 heteroatoms. The number of thiazole rings is 1. The van der Waals surface area contributed by atoms with Gasteiger partial charge in [-0.3, -0.25) is 24.3 Å². The zero-order valence-electron chi connectivity index (χ0n) is 25.8. The molecule has 0 aliphatic carbocycles. The smallest absolute Gasteiger partial charge is 0.356 e. The number of hydrogen-bond acceptors (Lipinski definition) is 12. The van der Waals surface area contributed by atoms with Crippen LogP contribution in [-0.2, 0) is 28.8 Å². The number of thioether (sulfide) groups is 2. The molecule has 12 nitrogen and oxygen atoms in total. The molecule has 1 fully saturated rings. The molecule has 0 radical (unpaired) electrons. The van der Waals surface area contributed by atoms with E-state index in [4.69, 9.17) is 9.57 Å². The Hall–Kier alpha value is -5.25. The number of oxime groups is 1. The summed E-state index contributed by atoms with van der Waals surface area (Å²) in [6.07, 6.45) is 5.01. The molecule has 2 atom stereocenters. The molecule has 0 bridgehead atoms. The van der Waals surface area contributed by atoms with Crippen molar-refractivity contribution in [2.45, 2.75) is 17.5 Å². The number of ether oxygens (including phenoxy) is 1. The molecule has 2 aliphatic rings. The van der Waals surface area contributed by atoms with Crippen LogP contribution in [0.5, 0.6) is 0 Å². The number of carbonyl (C=O) groups is 4. The van der Waals surface area contributed by atoms with E-state index in [9.17, 15) is 19.2 Å². The number of rotatable bonds is 13. The Bertz CT molecular complexity index is 1880. The molecule has 49 heavy (non-hydrogen) atoms. The fourth-order valence-electron chi connectivity index (χ4n) is 5.09. The summed E-state index contributed by atoms with van der Waals surface area (Å²) < 4.78 is 6.22. The second-order valence-corrected chi connectivity index (χ2v) is 13.3. The predicted octanol–water partition coefficient (Wildman–Crippen LogP) is 4.81. The summed E-state index contributed by atoms with van der Waals surface area (Å²) in [6.45, 7) is 0. The molecule has 6 rings (SSSR count). The molecule has 248 valence electrons. The fraction of sp³-hybridized carbons (Fsp3) is 0.147. The first-order valence-corrected chi connectivity index (χ1v) is 17.6. The van der Waals surface area contributed by atoms with Gasteiger partial charge in [-0.1, -0.05) is 83.6 Å². The van der Waals surface area contributed by atoms with E-state index < -0.39 is 35.3 Å². The van der Waals surface area contributed by atoms with Crippen molar-refractivity contribution in [2.24, 2.45) is 5.16 Å². The number of nitrogens with one attached hydrogen (secondary N) is 2. The SMILES string of the molecule is CON=C(C(=O)NC1C(=O)N2C(C(=O)OC(c3ccccc3)c3ccccc3)=C(S/C=C\c3cccnc3)CS[C@H]12)c1csc(NC=O)n1. The van der Waals surface area contributed by atoms with Crippen molar-refractivity contribution in [3.05, 3.63) is 129 Å². The molecule has 1 unspecified atom stereocenters. The normalized spacial score (nSPS) is 17.4. The molecule has 2 aromatic carbocycles. The van der Waals surface area contributed by atoms with Gasteiger partial charge in [-0.05, 0) is 34.2 Å². The van der Waals surface area contributed by atoms with Crippen LogP contribution in [0.25, 0.3) is 6.08 Å². The van der Waals surface area contributed by atoms with Crippen LogP contribution in [0.15, 0.2) is 112 Å². The maximum atomic E-state index is 14.2. The molecule has 1 saturated heterocycles. The number of nitrogens with zero attached hydrogens (tertiary/aromatic N) is 4. The van der Waals surface area contributed by atoms with Gasteiger partial charge < -0.3 is 20.2 Å². The van der Waals surface area contributed by atoms with Crippen LogP contribution < -0.4 is 10.6 Å². The zero-order valence-corrected chi connectivity index (χ0v) is 28.2. The van der Waals surface area contributed by atoms with Gasteiger partial charge in [0.2, 0.25) is 6.41 Å². The molecule has 2 aromatic heterocycles. The maximum absolute atomic E-state index is 14.2. The number of anilines is 1. The molecule has 4 aromatic rings. The Morgan fingerprint density at radius 1 is 1.08 bits per heavy atom. The van der Waals surface area contributed by atoms with E-state index in [0.29, 0.717) is 17.1 Å². The van der Waals surface area contributed by atoms with Crippen molar-refractivity contribution >= 4 is 76.0 Å². The van der Waals surface area contributed by atoms with Crippen molar-refractivity contribution < 1.29 is 28.8 Å². The van der Waals surface area contributed by atoms with Crippen molar-refractivity contribution in [3.8, 4) is 0 Å². The highest BCUT2D eigenvalue weighted by Gasteiger charge is 2.55.